The molecule has 2 rings (SSSR count). The van der Waals surface area contributed by atoms with Crippen molar-refractivity contribution in [1.82, 2.24) is 9.55 Å². The monoisotopic (exact) mass is 225 g/mol. The van der Waals surface area contributed by atoms with E-state index in [1.54, 1.807) is 12.3 Å². The van der Waals surface area contributed by atoms with Crippen molar-refractivity contribution in [3.05, 3.63) is 22.7 Å². The minimum absolute atomic E-state index is 0.0275. The molecule has 2 heterocycles. The lowest BCUT2D eigenvalue weighted by Crippen LogP contribution is -2.29. The van der Waals surface area contributed by atoms with Crippen molar-refractivity contribution < 1.29 is 9.84 Å². The van der Waals surface area contributed by atoms with Gasteiger partial charge in [-0.15, -0.1) is 0 Å². The molecule has 1 aliphatic rings. The fourth-order valence-electron chi connectivity index (χ4n) is 1.85. The Morgan fingerprint density at radius 2 is 2.31 bits per heavy atom. The highest BCUT2D eigenvalue weighted by molar-refractivity contribution is 5.23. The van der Waals surface area contributed by atoms with Crippen molar-refractivity contribution in [2.24, 2.45) is 0 Å². The van der Waals surface area contributed by atoms with Gasteiger partial charge in [-0.25, -0.2) is 4.79 Å². The van der Waals surface area contributed by atoms with E-state index in [2.05, 4.69) is 4.98 Å². The molecule has 0 bridgehead atoms. The molecular formula is C10H15N3O3. The minimum Gasteiger partial charge on any atom is -0.394 e. The maximum Gasteiger partial charge on any atom is 0.349 e. The van der Waals surface area contributed by atoms with E-state index in [4.69, 9.17) is 15.6 Å². The fourth-order valence-corrected chi connectivity index (χ4v) is 1.85. The molecule has 88 valence electrons. The van der Waals surface area contributed by atoms with Crippen LogP contribution in [0.25, 0.3) is 0 Å². The zero-order valence-corrected chi connectivity index (χ0v) is 8.87. The van der Waals surface area contributed by atoms with Crippen molar-refractivity contribution in [2.75, 3.05) is 12.3 Å². The van der Waals surface area contributed by atoms with Gasteiger partial charge in [0.1, 0.15) is 5.82 Å². The Bertz CT molecular complexity index is 418. The molecule has 1 saturated heterocycles. The van der Waals surface area contributed by atoms with Crippen molar-refractivity contribution in [3.8, 4) is 0 Å². The first-order valence-electron chi connectivity index (χ1n) is 5.28. The number of aliphatic hydroxyl groups excluding tert-OH is 1. The van der Waals surface area contributed by atoms with E-state index >= 15 is 0 Å². The Morgan fingerprint density at radius 3 is 2.94 bits per heavy atom. The molecule has 0 aliphatic carbocycles. The van der Waals surface area contributed by atoms with Gasteiger partial charge in [-0.3, -0.25) is 4.57 Å². The summed E-state index contributed by atoms with van der Waals surface area (Å²) < 4.78 is 7.00. The van der Waals surface area contributed by atoms with E-state index < -0.39 is 0 Å². The standard InChI is InChI=1S/C10H15N3O3/c11-9-3-4-13(10(15)12-9)5-7-1-2-8(6-14)16-7/h3-4,7-8,14H,1-2,5-6H2,(H2,11,12,15)/t7-,8+/m1/s1. The quantitative estimate of drug-likeness (QED) is 0.714. The van der Waals surface area contributed by atoms with E-state index in [-0.39, 0.29) is 30.3 Å². The summed E-state index contributed by atoms with van der Waals surface area (Å²) in [7, 11) is 0. The lowest BCUT2D eigenvalue weighted by atomic mass is 10.2. The van der Waals surface area contributed by atoms with Crippen molar-refractivity contribution in [3.63, 3.8) is 0 Å². The largest absolute Gasteiger partial charge is 0.394 e. The zero-order valence-electron chi connectivity index (χ0n) is 8.87. The van der Waals surface area contributed by atoms with Crippen LogP contribution in [0.4, 0.5) is 5.82 Å². The molecule has 0 amide bonds. The lowest BCUT2D eigenvalue weighted by Gasteiger charge is -2.13. The molecule has 0 aromatic carbocycles. The summed E-state index contributed by atoms with van der Waals surface area (Å²) in [5.74, 6) is 0.224. The Morgan fingerprint density at radius 1 is 1.56 bits per heavy atom. The number of nitrogens with zero attached hydrogens (tertiary/aromatic N) is 2. The van der Waals surface area contributed by atoms with Gasteiger partial charge in [-0.2, -0.15) is 4.98 Å². The molecule has 6 nitrogen and oxygen atoms in total. The number of anilines is 1. The maximum absolute atomic E-state index is 11.4. The third kappa shape index (κ3) is 2.40. The van der Waals surface area contributed by atoms with Crippen LogP contribution < -0.4 is 11.4 Å². The first-order chi connectivity index (χ1) is 7.69. The smallest absolute Gasteiger partial charge is 0.349 e. The van der Waals surface area contributed by atoms with Gasteiger partial charge in [-0.05, 0) is 18.9 Å². The molecule has 6 heteroatoms. The number of nitrogens with two attached hydrogens (primary N) is 1. The zero-order chi connectivity index (χ0) is 11.5. The predicted octanol–water partition coefficient (Wildman–Crippen LogP) is -0.635. The highest BCUT2D eigenvalue weighted by Crippen LogP contribution is 2.20. The van der Waals surface area contributed by atoms with Gasteiger partial charge in [0.05, 0.1) is 25.4 Å². The fraction of sp³-hybridized carbons (Fsp3) is 0.600. The number of nitrogen functional groups attached to an aromatic ring is 1. The average molecular weight is 225 g/mol. The van der Waals surface area contributed by atoms with E-state index in [1.807, 2.05) is 0 Å². The number of hydrogen-bond acceptors (Lipinski definition) is 5. The molecule has 16 heavy (non-hydrogen) atoms. The Balaban J connectivity index is 2.02. The second-order valence-electron chi connectivity index (χ2n) is 3.93. The van der Waals surface area contributed by atoms with E-state index in [0.717, 1.165) is 12.8 Å². The first kappa shape index (κ1) is 11.1. The van der Waals surface area contributed by atoms with Gasteiger partial charge in [-0.1, -0.05) is 0 Å². The van der Waals surface area contributed by atoms with Crippen LogP contribution in [0.1, 0.15) is 12.8 Å². The van der Waals surface area contributed by atoms with Crippen LogP contribution in [0.5, 0.6) is 0 Å². The summed E-state index contributed by atoms with van der Waals surface area (Å²) in [6.45, 7) is 0.494. The van der Waals surface area contributed by atoms with Gasteiger partial charge < -0.3 is 15.6 Å². The van der Waals surface area contributed by atoms with E-state index in [9.17, 15) is 4.79 Å². The summed E-state index contributed by atoms with van der Waals surface area (Å²) in [6.07, 6.45) is 3.17. The van der Waals surface area contributed by atoms with Crippen LogP contribution in [-0.2, 0) is 11.3 Å². The van der Waals surface area contributed by atoms with Gasteiger partial charge in [0.25, 0.3) is 0 Å². The highest BCUT2D eigenvalue weighted by Gasteiger charge is 2.24. The van der Waals surface area contributed by atoms with Crippen LogP contribution in [0.15, 0.2) is 17.1 Å². The molecule has 3 N–H and O–H groups in total. The normalized spacial score (nSPS) is 24.8. The highest BCUT2D eigenvalue weighted by atomic mass is 16.5. The number of ether oxygens (including phenoxy) is 1. The summed E-state index contributed by atoms with van der Waals surface area (Å²) in [5, 5.41) is 8.92. The Labute approximate surface area is 92.7 Å². The number of aromatic nitrogens is 2. The number of aliphatic hydroxyl groups is 1. The maximum atomic E-state index is 11.4. The number of rotatable bonds is 3. The third-order valence-electron chi connectivity index (χ3n) is 2.70. The van der Waals surface area contributed by atoms with Crippen LogP contribution in [0, 0.1) is 0 Å². The molecule has 0 unspecified atom stereocenters. The molecule has 1 aromatic heterocycles. The summed E-state index contributed by atoms with van der Waals surface area (Å²) in [4.78, 5) is 15.1. The van der Waals surface area contributed by atoms with Crippen molar-refractivity contribution in [1.29, 1.82) is 0 Å². The minimum atomic E-state index is -0.365. The Kier molecular flexibility index (Phi) is 3.21. The van der Waals surface area contributed by atoms with Gasteiger partial charge in [0.2, 0.25) is 0 Å². The third-order valence-corrected chi connectivity index (χ3v) is 2.70. The van der Waals surface area contributed by atoms with Gasteiger partial charge in [0.15, 0.2) is 0 Å². The second kappa shape index (κ2) is 4.63. The van der Waals surface area contributed by atoms with E-state index in [1.165, 1.54) is 4.57 Å². The second-order valence-corrected chi connectivity index (χ2v) is 3.93. The molecule has 1 aromatic rings. The topological polar surface area (TPSA) is 90.4 Å². The average Bonchev–Trinajstić information content (AvgIpc) is 2.70. The molecule has 0 spiro atoms. The molecule has 1 aliphatic heterocycles. The van der Waals surface area contributed by atoms with Crippen LogP contribution in [-0.4, -0.2) is 33.5 Å². The number of hydrogen-bond donors (Lipinski definition) is 2. The molecule has 0 radical (unpaired) electrons. The Hall–Kier alpha value is -1.40. The SMILES string of the molecule is Nc1ccn(C[C@H]2CC[C@@H](CO)O2)c(=O)n1. The van der Waals surface area contributed by atoms with Crippen LogP contribution in [0.3, 0.4) is 0 Å². The summed E-state index contributed by atoms with van der Waals surface area (Å²) >= 11 is 0. The van der Waals surface area contributed by atoms with E-state index in [0.29, 0.717) is 6.54 Å². The summed E-state index contributed by atoms with van der Waals surface area (Å²) in [6, 6.07) is 1.58. The van der Waals surface area contributed by atoms with Gasteiger partial charge in [0, 0.05) is 6.20 Å². The van der Waals surface area contributed by atoms with Crippen molar-refractivity contribution >= 4 is 5.82 Å². The first-order valence-corrected chi connectivity index (χ1v) is 5.28. The molecular weight excluding hydrogens is 210 g/mol. The lowest BCUT2D eigenvalue weighted by molar-refractivity contribution is 0.00447. The van der Waals surface area contributed by atoms with Gasteiger partial charge >= 0.3 is 5.69 Å². The molecule has 2 atom stereocenters. The molecule has 1 fully saturated rings. The predicted molar refractivity (Wildman–Crippen MR) is 57.9 cm³/mol. The van der Waals surface area contributed by atoms with Crippen molar-refractivity contribution in [2.45, 2.75) is 31.6 Å². The van der Waals surface area contributed by atoms with Crippen LogP contribution >= 0.6 is 0 Å². The summed E-state index contributed by atoms with van der Waals surface area (Å²) in [5.41, 5.74) is 5.03. The molecule has 0 saturated carbocycles. The van der Waals surface area contributed by atoms with Crippen LogP contribution in [0.2, 0.25) is 0 Å².